The molecule has 0 heterocycles. The molecule has 2 aromatic rings. The van der Waals surface area contributed by atoms with Crippen LogP contribution in [0, 0.1) is 0 Å². The van der Waals surface area contributed by atoms with Gasteiger partial charge in [0.2, 0.25) is 0 Å². The normalized spacial score (nSPS) is 12.4. The second kappa shape index (κ2) is 4.88. The van der Waals surface area contributed by atoms with Crippen molar-refractivity contribution in [1.82, 2.24) is 0 Å². The first-order valence-corrected chi connectivity index (χ1v) is 5.62. The molecule has 0 saturated carbocycles. The summed E-state index contributed by atoms with van der Waals surface area (Å²) in [6, 6.07) is 14.6. The molecule has 0 aliphatic rings. The number of hydrogen-bond acceptors (Lipinski definition) is 1. The highest BCUT2D eigenvalue weighted by Gasteiger charge is 2.11. The molecule has 16 heavy (non-hydrogen) atoms. The van der Waals surface area contributed by atoms with Crippen LogP contribution in [-0.2, 0) is 0 Å². The average molecular weight is 253 g/mol. The van der Waals surface area contributed by atoms with E-state index in [0.717, 1.165) is 11.1 Å². The Bertz CT molecular complexity index is 483. The van der Waals surface area contributed by atoms with E-state index in [2.05, 4.69) is 0 Å². The van der Waals surface area contributed by atoms with Crippen LogP contribution in [-0.4, -0.2) is 5.11 Å². The van der Waals surface area contributed by atoms with E-state index in [1.165, 1.54) is 0 Å². The Morgan fingerprint density at radius 3 is 2.12 bits per heavy atom. The molecule has 0 unspecified atom stereocenters. The third-order valence-electron chi connectivity index (χ3n) is 2.37. The summed E-state index contributed by atoms with van der Waals surface area (Å²) >= 11 is 11.7. The molecule has 0 saturated heterocycles. The lowest BCUT2D eigenvalue weighted by atomic mass is 10.0. The van der Waals surface area contributed by atoms with Gasteiger partial charge >= 0.3 is 0 Å². The Kier molecular flexibility index (Phi) is 3.49. The first kappa shape index (κ1) is 11.5. The van der Waals surface area contributed by atoms with Crippen molar-refractivity contribution in [3.8, 4) is 0 Å². The Hall–Kier alpha value is -1.02. The fourth-order valence-corrected chi connectivity index (χ4v) is 1.82. The minimum Gasteiger partial charge on any atom is -0.384 e. The minimum absolute atomic E-state index is 0.453. The third-order valence-corrected chi connectivity index (χ3v) is 3.11. The smallest absolute Gasteiger partial charge is 0.104 e. The quantitative estimate of drug-likeness (QED) is 0.855. The molecule has 0 aliphatic carbocycles. The number of rotatable bonds is 2. The molecule has 0 radical (unpaired) electrons. The van der Waals surface area contributed by atoms with Crippen LogP contribution in [0.25, 0.3) is 0 Å². The summed E-state index contributed by atoms with van der Waals surface area (Å²) in [5, 5.41) is 11.0. The van der Waals surface area contributed by atoms with Gasteiger partial charge in [0, 0.05) is 0 Å². The van der Waals surface area contributed by atoms with Crippen molar-refractivity contribution in [2.75, 3.05) is 0 Å². The van der Waals surface area contributed by atoms with E-state index in [4.69, 9.17) is 23.2 Å². The number of halogens is 2. The summed E-state index contributed by atoms with van der Waals surface area (Å²) in [6.45, 7) is 0. The summed E-state index contributed by atoms with van der Waals surface area (Å²) in [5.41, 5.74) is 1.57. The van der Waals surface area contributed by atoms with Crippen molar-refractivity contribution < 1.29 is 5.11 Å². The van der Waals surface area contributed by atoms with Crippen LogP contribution in [0.15, 0.2) is 48.5 Å². The largest absolute Gasteiger partial charge is 0.384 e. The predicted molar refractivity (Wildman–Crippen MR) is 67.0 cm³/mol. The highest BCUT2D eigenvalue weighted by Crippen LogP contribution is 2.28. The van der Waals surface area contributed by atoms with E-state index in [-0.39, 0.29) is 0 Å². The zero-order valence-corrected chi connectivity index (χ0v) is 9.91. The molecule has 3 heteroatoms. The van der Waals surface area contributed by atoms with Crippen molar-refractivity contribution in [3.63, 3.8) is 0 Å². The van der Waals surface area contributed by atoms with Gasteiger partial charge in [0.25, 0.3) is 0 Å². The van der Waals surface area contributed by atoms with Crippen LogP contribution in [0.2, 0.25) is 10.0 Å². The van der Waals surface area contributed by atoms with Gasteiger partial charge < -0.3 is 5.11 Å². The number of hydrogen-bond donors (Lipinski definition) is 1. The molecule has 2 aromatic carbocycles. The lowest BCUT2D eigenvalue weighted by molar-refractivity contribution is 0.220. The van der Waals surface area contributed by atoms with E-state index in [1.807, 2.05) is 30.3 Å². The lowest BCUT2D eigenvalue weighted by Gasteiger charge is -2.11. The average Bonchev–Trinajstić information content (AvgIpc) is 2.33. The Labute approximate surface area is 104 Å². The molecular formula is C13H10Cl2O. The molecule has 0 aliphatic heterocycles. The second-order valence-electron chi connectivity index (χ2n) is 3.49. The van der Waals surface area contributed by atoms with Crippen LogP contribution in [0.5, 0.6) is 0 Å². The summed E-state index contributed by atoms with van der Waals surface area (Å²) in [5.74, 6) is 0. The van der Waals surface area contributed by atoms with Crippen molar-refractivity contribution in [2.45, 2.75) is 6.10 Å². The van der Waals surface area contributed by atoms with Crippen molar-refractivity contribution in [2.24, 2.45) is 0 Å². The van der Waals surface area contributed by atoms with Gasteiger partial charge in [0.1, 0.15) is 6.10 Å². The Morgan fingerprint density at radius 2 is 1.50 bits per heavy atom. The topological polar surface area (TPSA) is 20.2 Å². The molecule has 1 atom stereocenters. The number of benzene rings is 2. The molecule has 0 bridgehead atoms. The van der Waals surface area contributed by atoms with Crippen LogP contribution in [0.1, 0.15) is 17.2 Å². The van der Waals surface area contributed by atoms with Crippen LogP contribution in [0.3, 0.4) is 0 Å². The highest BCUT2D eigenvalue weighted by atomic mass is 35.5. The van der Waals surface area contributed by atoms with Crippen molar-refractivity contribution in [3.05, 3.63) is 69.7 Å². The standard InChI is InChI=1S/C13H10Cl2O/c14-11-7-6-10(8-12(11)15)13(16)9-4-2-1-3-5-9/h1-8,13,16H/t13-/m0/s1. The monoisotopic (exact) mass is 252 g/mol. The fraction of sp³-hybridized carbons (Fsp3) is 0.0769. The molecule has 2 rings (SSSR count). The van der Waals surface area contributed by atoms with Crippen LogP contribution >= 0.6 is 23.2 Å². The molecule has 0 aromatic heterocycles. The molecule has 1 N–H and O–H groups in total. The van der Waals surface area contributed by atoms with Gasteiger partial charge in [-0.25, -0.2) is 0 Å². The molecular weight excluding hydrogens is 243 g/mol. The summed E-state index contributed by atoms with van der Waals surface area (Å²) in [7, 11) is 0. The summed E-state index contributed by atoms with van der Waals surface area (Å²) in [4.78, 5) is 0. The van der Waals surface area contributed by atoms with Crippen LogP contribution < -0.4 is 0 Å². The Morgan fingerprint density at radius 1 is 0.812 bits per heavy atom. The van der Waals surface area contributed by atoms with Gasteiger partial charge in [0.15, 0.2) is 0 Å². The van der Waals surface area contributed by atoms with Gasteiger partial charge in [0.05, 0.1) is 10.0 Å². The summed E-state index contributed by atoms with van der Waals surface area (Å²) in [6.07, 6.45) is -0.670. The molecule has 1 nitrogen and oxygen atoms in total. The number of aliphatic hydroxyl groups is 1. The van der Waals surface area contributed by atoms with Gasteiger partial charge in [-0.2, -0.15) is 0 Å². The van der Waals surface area contributed by atoms with Gasteiger partial charge in [-0.3, -0.25) is 0 Å². The van der Waals surface area contributed by atoms with E-state index < -0.39 is 6.10 Å². The van der Waals surface area contributed by atoms with E-state index in [0.29, 0.717) is 10.0 Å². The lowest BCUT2D eigenvalue weighted by Crippen LogP contribution is -1.98. The molecule has 0 amide bonds. The second-order valence-corrected chi connectivity index (χ2v) is 4.30. The minimum atomic E-state index is -0.670. The number of aliphatic hydroxyl groups excluding tert-OH is 1. The highest BCUT2D eigenvalue weighted by molar-refractivity contribution is 6.42. The van der Waals surface area contributed by atoms with Gasteiger partial charge in [-0.1, -0.05) is 59.6 Å². The third kappa shape index (κ3) is 2.38. The van der Waals surface area contributed by atoms with Crippen LogP contribution in [0.4, 0.5) is 0 Å². The van der Waals surface area contributed by atoms with Gasteiger partial charge in [-0.15, -0.1) is 0 Å². The van der Waals surface area contributed by atoms with Crippen molar-refractivity contribution in [1.29, 1.82) is 0 Å². The molecule has 82 valence electrons. The zero-order chi connectivity index (χ0) is 11.5. The maximum atomic E-state index is 10.1. The van der Waals surface area contributed by atoms with Gasteiger partial charge in [-0.05, 0) is 23.3 Å². The fourth-order valence-electron chi connectivity index (χ4n) is 1.51. The van der Waals surface area contributed by atoms with E-state index in [1.54, 1.807) is 18.2 Å². The predicted octanol–water partition coefficient (Wildman–Crippen LogP) is 4.08. The first-order valence-electron chi connectivity index (χ1n) is 4.86. The Balaban J connectivity index is 2.34. The SMILES string of the molecule is O[C@@H](c1ccccc1)c1ccc(Cl)c(Cl)c1. The maximum Gasteiger partial charge on any atom is 0.104 e. The zero-order valence-electron chi connectivity index (χ0n) is 8.40. The van der Waals surface area contributed by atoms with Crippen molar-refractivity contribution >= 4 is 23.2 Å². The molecule has 0 fully saturated rings. The van der Waals surface area contributed by atoms with E-state index in [9.17, 15) is 5.11 Å². The molecule has 0 spiro atoms. The maximum absolute atomic E-state index is 10.1. The van der Waals surface area contributed by atoms with E-state index >= 15 is 0 Å². The first-order chi connectivity index (χ1) is 7.68. The summed E-state index contributed by atoms with van der Waals surface area (Å²) < 4.78 is 0.